The van der Waals surface area contributed by atoms with Crippen molar-refractivity contribution in [2.75, 3.05) is 10.3 Å². The molecule has 3 N–H and O–H groups in total. The molecule has 1 aliphatic heterocycles. The molecule has 8 heteroatoms. The minimum absolute atomic E-state index is 0.196. The van der Waals surface area contributed by atoms with E-state index in [9.17, 15) is 13.2 Å². The van der Waals surface area contributed by atoms with Gasteiger partial charge < -0.3 is 4.90 Å². The number of benzene rings is 1. The third-order valence-corrected chi connectivity index (χ3v) is 3.30. The quantitative estimate of drug-likeness (QED) is 0.657. The van der Waals surface area contributed by atoms with E-state index in [2.05, 4.69) is 15.4 Å². The standard InChI is InChI=1S/C13H12F3N5/c14-13(15,16)10-5-11(19-12(18-10)20-17)21-6-8-3-1-2-4-9(8)7-21/h1-5H,6-7,17H2,(H,18,19,20). The normalized spacial score (nSPS) is 14.2. The second kappa shape index (κ2) is 4.88. The number of anilines is 2. The monoisotopic (exact) mass is 295 g/mol. The van der Waals surface area contributed by atoms with Crippen molar-refractivity contribution in [1.29, 1.82) is 0 Å². The van der Waals surface area contributed by atoms with Gasteiger partial charge in [0, 0.05) is 19.2 Å². The van der Waals surface area contributed by atoms with Crippen LogP contribution in [0.15, 0.2) is 30.3 Å². The molecule has 1 aromatic heterocycles. The maximum atomic E-state index is 12.9. The van der Waals surface area contributed by atoms with Gasteiger partial charge in [0.25, 0.3) is 0 Å². The number of hydrogen-bond acceptors (Lipinski definition) is 5. The Morgan fingerprint density at radius 1 is 1.10 bits per heavy atom. The molecule has 2 heterocycles. The summed E-state index contributed by atoms with van der Waals surface area (Å²) in [6.07, 6.45) is -4.55. The van der Waals surface area contributed by atoms with E-state index in [1.54, 1.807) is 4.90 Å². The second-order valence-electron chi connectivity index (χ2n) is 4.70. The van der Waals surface area contributed by atoms with Crippen molar-refractivity contribution in [2.45, 2.75) is 19.3 Å². The molecule has 2 aromatic rings. The highest BCUT2D eigenvalue weighted by molar-refractivity contribution is 5.50. The first-order valence-corrected chi connectivity index (χ1v) is 6.22. The van der Waals surface area contributed by atoms with Crippen molar-refractivity contribution in [1.82, 2.24) is 9.97 Å². The number of hydrazine groups is 1. The summed E-state index contributed by atoms with van der Waals surface area (Å²) in [5.41, 5.74) is 3.21. The maximum absolute atomic E-state index is 12.9. The summed E-state index contributed by atoms with van der Waals surface area (Å²) in [5.74, 6) is 5.09. The molecule has 0 atom stereocenters. The maximum Gasteiger partial charge on any atom is 0.433 e. The van der Waals surface area contributed by atoms with Crippen LogP contribution in [0, 0.1) is 0 Å². The first kappa shape index (κ1) is 13.6. The highest BCUT2D eigenvalue weighted by Gasteiger charge is 2.34. The van der Waals surface area contributed by atoms with E-state index in [-0.39, 0.29) is 11.8 Å². The zero-order chi connectivity index (χ0) is 15.0. The highest BCUT2D eigenvalue weighted by atomic mass is 19.4. The summed E-state index contributed by atoms with van der Waals surface area (Å²) >= 11 is 0. The molecular formula is C13H12F3N5. The van der Waals surface area contributed by atoms with Gasteiger partial charge in [0.05, 0.1) is 0 Å². The lowest BCUT2D eigenvalue weighted by Crippen LogP contribution is -2.21. The predicted octanol–water partition coefficient (Wildman–Crippen LogP) is 2.30. The van der Waals surface area contributed by atoms with Crippen molar-refractivity contribution in [3.8, 4) is 0 Å². The van der Waals surface area contributed by atoms with Crippen LogP contribution < -0.4 is 16.2 Å². The van der Waals surface area contributed by atoms with Crippen molar-refractivity contribution >= 4 is 11.8 Å². The van der Waals surface area contributed by atoms with E-state index in [1.807, 2.05) is 24.3 Å². The predicted molar refractivity (Wildman–Crippen MR) is 71.2 cm³/mol. The molecular weight excluding hydrogens is 283 g/mol. The van der Waals surface area contributed by atoms with Gasteiger partial charge in [-0.2, -0.15) is 18.2 Å². The molecule has 3 rings (SSSR count). The first-order chi connectivity index (χ1) is 9.97. The average Bonchev–Trinajstić information content (AvgIpc) is 2.89. The molecule has 0 saturated carbocycles. The molecule has 0 saturated heterocycles. The summed E-state index contributed by atoms with van der Waals surface area (Å²) in [6, 6.07) is 8.63. The Hall–Kier alpha value is -2.35. The van der Waals surface area contributed by atoms with Crippen LogP contribution in [-0.2, 0) is 19.3 Å². The number of fused-ring (bicyclic) bond motifs is 1. The Kier molecular flexibility index (Phi) is 3.17. The number of nitrogens with zero attached hydrogens (tertiary/aromatic N) is 3. The number of halogens is 3. The average molecular weight is 295 g/mol. The van der Waals surface area contributed by atoms with Gasteiger partial charge in [-0.25, -0.2) is 10.8 Å². The zero-order valence-corrected chi connectivity index (χ0v) is 10.9. The summed E-state index contributed by atoms with van der Waals surface area (Å²) in [4.78, 5) is 9.11. The van der Waals surface area contributed by atoms with E-state index < -0.39 is 11.9 Å². The van der Waals surface area contributed by atoms with Gasteiger partial charge in [-0.15, -0.1) is 0 Å². The largest absolute Gasteiger partial charge is 0.433 e. The van der Waals surface area contributed by atoms with Crippen LogP contribution in [0.3, 0.4) is 0 Å². The van der Waals surface area contributed by atoms with Gasteiger partial charge in [-0.3, -0.25) is 5.43 Å². The Labute approximate surface area is 118 Å². The number of nitrogen functional groups attached to an aromatic ring is 1. The van der Waals surface area contributed by atoms with Gasteiger partial charge in [-0.05, 0) is 11.1 Å². The van der Waals surface area contributed by atoms with Crippen LogP contribution in [-0.4, -0.2) is 9.97 Å². The van der Waals surface area contributed by atoms with Gasteiger partial charge in [0.1, 0.15) is 5.82 Å². The molecule has 0 radical (unpaired) electrons. The van der Waals surface area contributed by atoms with Crippen LogP contribution in [0.5, 0.6) is 0 Å². The van der Waals surface area contributed by atoms with Gasteiger partial charge in [-0.1, -0.05) is 24.3 Å². The molecule has 0 fully saturated rings. The third kappa shape index (κ3) is 2.62. The van der Waals surface area contributed by atoms with Crippen molar-refractivity contribution in [3.05, 3.63) is 47.2 Å². The Morgan fingerprint density at radius 3 is 2.24 bits per heavy atom. The minimum atomic E-state index is -4.55. The molecule has 0 spiro atoms. The Morgan fingerprint density at radius 2 is 1.71 bits per heavy atom. The summed E-state index contributed by atoms with van der Waals surface area (Å²) in [6.45, 7) is 1.02. The lowest BCUT2D eigenvalue weighted by molar-refractivity contribution is -0.141. The van der Waals surface area contributed by atoms with Crippen molar-refractivity contribution in [2.24, 2.45) is 5.84 Å². The highest BCUT2D eigenvalue weighted by Crippen LogP contribution is 2.33. The fraction of sp³-hybridized carbons (Fsp3) is 0.231. The van der Waals surface area contributed by atoms with Crippen LogP contribution >= 0.6 is 0 Å². The number of hydrogen-bond donors (Lipinski definition) is 2. The van der Waals surface area contributed by atoms with E-state index in [1.165, 1.54) is 0 Å². The molecule has 1 aliphatic rings. The Balaban J connectivity index is 1.97. The van der Waals surface area contributed by atoms with Crippen molar-refractivity contribution in [3.63, 3.8) is 0 Å². The smallest absolute Gasteiger partial charge is 0.348 e. The fourth-order valence-corrected chi connectivity index (χ4v) is 2.30. The van der Waals surface area contributed by atoms with Gasteiger partial charge in [0.2, 0.25) is 5.95 Å². The number of aromatic nitrogens is 2. The van der Waals surface area contributed by atoms with E-state index in [0.29, 0.717) is 13.1 Å². The van der Waals surface area contributed by atoms with Gasteiger partial charge >= 0.3 is 6.18 Å². The minimum Gasteiger partial charge on any atom is -0.348 e. The number of nitrogens with two attached hydrogens (primary N) is 1. The van der Waals surface area contributed by atoms with Crippen LogP contribution in [0.4, 0.5) is 24.9 Å². The summed E-state index contributed by atoms with van der Waals surface area (Å²) < 4.78 is 38.6. The fourth-order valence-electron chi connectivity index (χ4n) is 2.30. The molecule has 0 amide bonds. The summed E-state index contributed by atoms with van der Waals surface area (Å²) in [5, 5.41) is 0. The van der Waals surface area contributed by atoms with E-state index in [4.69, 9.17) is 5.84 Å². The molecule has 1 aromatic carbocycles. The molecule has 0 bridgehead atoms. The molecule has 110 valence electrons. The topological polar surface area (TPSA) is 67.1 Å². The van der Waals surface area contributed by atoms with E-state index >= 15 is 0 Å². The van der Waals surface area contributed by atoms with Crippen LogP contribution in [0.1, 0.15) is 16.8 Å². The third-order valence-electron chi connectivity index (χ3n) is 3.30. The Bertz CT molecular complexity index is 646. The molecule has 0 aliphatic carbocycles. The van der Waals surface area contributed by atoms with Crippen molar-refractivity contribution < 1.29 is 13.2 Å². The number of rotatable bonds is 2. The molecule has 5 nitrogen and oxygen atoms in total. The SMILES string of the molecule is NNc1nc(N2Cc3ccccc3C2)cc(C(F)(F)F)n1. The van der Waals surface area contributed by atoms with Crippen LogP contribution in [0.2, 0.25) is 0 Å². The number of nitrogens with one attached hydrogen (secondary N) is 1. The van der Waals surface area contributed by atoms with E-state index in [0.717, 1.165) is 17.2 Å². The molecule has 0 unspecified atom stereocenters. The number of alkyl halides is 3. The zero-order valence-electron chi connectivity index (χ0n) is 10.9. The lowest BCUT2D eigenvalue weighted by atomic mass is 10.1. The van der Waals surface area contributed by atoms with Gasteiger partial charge in [0.15, 0.2) is 5.69 Å². The molecule has 21 heavy (non-hydrogen) atoms. The summed E-state index contributed by atoms with van der Waals surface area (Å²) in [7, 11) is 0. The van der Waals surface area contributed by atoms with Crippen LogP contribution in [0.25, 0.3) is 0 Å². The lowest BCUT2D eigenvalue weighted by Gasteiger charge is -2.18. The first-order valence-electron chi connectivity index (χ1n) is 6.22. The second-order valence-corrected chi connectivity index (χ2v) is 4.70.